The molecule has 0 saturated carbocycles. The summed E-state index contributed by atoms with van der Waals surface area (Å²) in [4.78, 5) is 42.5. The monoisotopic (exact) mass is 212 g/mol. The lowest BCUT2D eigenvalue weighted by atomic mass is 10.4. The van der Waals surface area contributed by atoms with Gasteiger partial charge in [0.15, 0.2) is 0 Å². The van der Waals surface area contributed by atoms with Crippen molar-refractivity contribution in [3.8, 4) is 0 Å². The summed E-state index contributed by atoms with van der Waals surface area (Å²) in [6.45, 7) is 6.09. The maximum absolute atomic E-state index is 10.8. The predicted octanol–water partition coefficient (Wildman–Crippen LogP) is -0.112. The maximum Gasteiger partial charge on any atom is 0.337 e. The van der Waals surface area contributed by atoms with Crippen LogP contribution >= 0.6 is 0 Å². The smallest absolute Gasteiger partial charge is 0.337 e. The molecule has 0 aromatic rings. The highest BCUT2D eigenvalue weighted by Gasteiger charge is 2.16. The van der Waals surface area contributed by atoms with E-state index in [1.54, 1.807) is 0 Å². The standard InChI is InChI=1S/C9H8O6/c1-3-6(10)14-8(12)5-9(13)15-7(11)4-2/h3-4H,1-2,5H2. The van der Waals surface area contributed by atoms with Crippen molar-refractivity contribution in [1.82, 2.24) is 0 Å². The van der Waals surface area contributed by atoms with Gasteiger partial charge in [-0.1, -0.05) is 13.2 Å². The van der Waals surface area contributed by atoms with E-state index in [1.165, 1.54) is 0 Å². The van der Waals surface area contributed by atoms with E-state index < -0.39 is 30.3 Å². The van der Waals surface area contributed by atoms with Gasteiger partial charge in [-0.3, -0.25) is 9.59 Å². The van der Waals surface area contributed by atoms with E-state index >= 15 is 0 Å². The van der Waals surface area contributed by atoms with Crippen LogP contribution in [0.4, 0.5) is 0 Å². The molecule has 15 heavy (non-hydrogen) atoms. The molecule has 0 aromatic carbocycles. The summed E-state index contributed by atoms with van der Waals surface area (Å²) in [6.07, 6.45) is 0.690. The summed E-state index contributed by atoms with van der Waals surface area (Å²) in [5.41, 5.74) is 0. The van der Waals surface area contributed by atoms with Crippen LogP contribution in [-0.4, -0.2) is 23.9 Å². The van der Waals surface area contributed by atoms with E-state index in [4.69, 9.17) is 0 Å². The molecule has 0 fully saturated rings. The first-order valence-corrected chi connectivity index (χ1v) is 3.73. The van der Waals surface area contributed by atoms with Crippen molar-refractivity contribution in [1.29, 1.82) is 0 Å². The molecule has 0 unspecified atom stereocenters. The van der Waals surface area contributed by atoms with Crippen LogP contribution in [0.2, 0.25) is 0 Å². The highest BCUT2D eigenvalue weighted by molar-refractivity contribution is 6.02. The van der Waals surface area contributed by atoms with Gasteiger partial charge in [0.2, 0.25) is 0 Å². The van der Waals surface area contributed by atoms with Crippen molar-refractivity contribution in [2.24, 2.45) is 0 Å². The molecule has 0 rings (SSSR count). The van der Waals surface area contributed by atoms with E-state index in [0.717, 1.165) is 12.2 Å². The Bertz CT molecular complexity index is 295. The molecule has 0 saturated heterocycles. The summed E-state index contributed by atoms with van der Waals surface area (Å²) in [7, 11) is 0. The molecule has 0 spiro atoms. The Morgan fingerprint density at radius 1 is 0.867 bits per heavy atom. The number of hydrogen-bond donors (Lipinski definition) is 0. The Kier molecular flexibility index (Phi) is 5.32. The first kappa shape index (κ1) is 12.8. The van der Waals surface area contributed by atoms with Gasteiger partial charge in [-0.15, -0.1) is 0 Å². The molecule has 0 aliphatic rings. The van der Waals surface area contributed by atoms with Gasteiger partial charge in [0, 0.05) is 12.2 Å². The lowest BCUT2D eigenvalue weighted by molar-refractivity contribution is -0.162. The quantitative estimate of drug-likeness (QED) is 0.367. The minimum absolute atomic E-state index is 0.762. The van der Waals surface area contributed by atoms with Crippen molar-refractivity contribution in [3.63, 3.8) is 0 Å². The number of esters is 4. The highest BCUT2D eigenvalue weighted by atomic mass is 16.6. The van der Waals surface area contributed by atoms with Crippen LogP contribution in [0.25, 0.3) is 0 Å². The van der Waals surface area contributed by atoms with Gasteiger partial charge >= 0.3 is 23.9 Å². The van der Waals surface area contributed by atoms with Gasteiger partial charge in [-0.2, -0.15) is 0 Å². The topological polar surface area (TPSA) is 86.7 Å². The fourth-order valence-electron chi connectivity index (χ4n) is 0.498. The molecule has 6 heteroatoms. The van der Waals surface area contributed by atoms with Gasteiger partial charge in [-0.25, -0.2) is 9.59 Å². The van der Waals surface area contributed by atoms with Gasteiger partial charge in [-0.05, 0) is 0 Å². The minimum Gasteiger partial charge on any atom is -0.389 e. The van der Waals surface area contributed by atoms with Crippen molar-refractivity contribution in [2.75, 3.05) is 0 Å². The van der Waals surface area contributed by atoms with Crippen LogP contribution in [0, 0.1) is 0 Å². The average molecular weight is 212 g/mol. The second kappa shape index (κ2) is 6.25. The predicted molar refractivity (Wildman–Crippen MR) is 47.2 cm³/mol. The largest absolute Gasteiger partial charge is 0.389 e. The van der Waals surface area contributed by atoms with Gasteiger partial charge in [0.25, 0.3) is 0 Å². The van der Waals surface area contributed by atoms with Crippen molar-refractivity contribution < 1.29 is 28.7 Å². The fraction of sp³-hybridized carbons (Fsp3) is 0.111. The van der Waals surface area contributed by atoms with E-state index in [0.29, 0.717) is 0 Å². The van der Waals surface area contributed by atoms with Crippen LogP contribution in [0.3, 0.4) is 0 Å². The lowest BCUT2D eigenvalue weighted by Crippen LogP contribution is -2.18. The molecule has 0 radical (unpaired) electrons. The number of rotatable bonds is 4. The van der Waals surface area contributed by atoms with Crippen molar-refractivity contribution in [2.45, 2.75) is 6.42 Å². The third-order valence-corrected chi connectivity index (χ3v) is 1.05. The van der Waals surface area contributed by atoms with Crippen LogP contribution < -0.4 is 0 Å². The molecule has 0 amide bonds. The SMILES string of the molecule is C=CC(=O)OC(=O)CC(=O)OC(=O)C=C. The molecule has 0 N–H and O–H groups in total. The molecular formula is C9H8O6. The molecular weight excluding hydrogens is 204 g/mol. The van der Waals surface area contributed by atoms with Crippen molar-refractivity contribution >= 4 is 23.9 Å². The molecule has 0 aliphatic carbocycles. The number of carbonyl (C=O) groups excluding carboxylic acids is 4. The Morgan fingerprint density at radius 2 is 1.20 bits per heavy atom. The summed E-state index contributed by atoms with van der Waals surface area (Å²) in [5, 5.41) is 0. The summed E-state index contributed by atoms with van der Waals surface area (Å²) < 4.78 is 8.10. The van der Waals surface area contributed by atoms with Gasteiger partial charge in [0.05, 0.1) is 0 Å². The molecule has 0 aromatic heterocycles. The van der Waals surface area contributed by atoms with E-state index in [-0.39, 0.29) is 0 Å². The normalized spacial score (nSPS) is 8.53. The van der Waals surface area contributed by atoms with Crippen LogP contribution in [-0.2, 0) is 28.7 Å². The van der Waals surface area contributed by atoms with E-state index in [9.17, 15) is 19.2 Å². The molecule has 6 nitrogen and oxygen atoms in total. The van der Waals surface area contributed by atoms with Gasteiger partial charge < -0.3 is 9.47 Å². The summed E-state index contributed by atoms with van der Waals surface area (Å²) in [6, 6.07) is 0. The first-order valence-electron chi connectivity index (χ1n) is 3.73. The van der Waals surface area contributed by atoms with Crippen LogP contribution in [0.5, 0.6) is 0 Å². The zero-order valence-electron chi connectivity index (χ0n) is 7.73. The summed E-state index contributed by atoms with van der Waals surface area (Å²) >= 11 is 0. The van der Waals surface area contributed by atoms with Crippen LogP contribution in [0.1, 0.15) is 6.42 Å². The number of ether oxygens (including phenoxy) is 2. The number of hydrogen-bond acceptors (Lipinski definition) is 6. The second-order valence-corrected chi connectivity index (χ2v) is 2.17. The molecule has 0 atom stereocenters. The Morgan fingerprint density at radius 3 is 1.47 bits per heavy atom. The zero-order valence-corrected chi connectivity index (χ0v) is 7.73. The third kappa shape index (κ3) is 5.92. The van der Waals surface area contributed by atoms with Crippen LogP contribution in [0.15, 0.2) is 25.3 Å². The molecule has 0 heterocycles. The van der Waals surface area contributed by atoms with Crippen molar-refractivity contribution in [3.05, 3.63) is 25.3 Å². The van der Waals surface area contributed by atoms with E-state index in [2.05, 4.69) is 22.6 Å². The molecule has 0 bridgehead atoms. The highest BCUT2D eigenvalue weighted by Crippen LogP contribution is 1.93. The second-order valence-electron chi connectivity index (χ2n) is 2.17. The average Bonchev–Trinajstić information content (AvgIpc) is 2.16. The fourth-order valence-corrected chi connectivity index (χ4v) is 0.498. The molecule has 80 valence electrons. The maximum atomic E-state index is 10.8. The Balaban J connectivity index is 4.02. The third-order valence-electron chi connectivity index (χ3n) is 1.05. The Labute approximate surface area is 85.2 Å². The first-order chi connectivity index (χ1) is 6.99. The lowest BCUT2D eigenvalue weighted by Gasteiger charge is -1.99. The van der Waals surface area contributed by atoms with E-state index in [1.807, 2.05) is 0 Å². The zero-order chi connectivity index (χ0) is 11.8. The number of carbonyl (C=O) groups is 4. The minimum atomic E-state index is -1.12. The Hall–Kier alpha value is -2.24. The van der Waals surface area contributed by atoms with Gasteiger partial charge in [0.1, 0.15) is 6.42 Å². The summed E-state index contributed by atoms with van der Waals surface area (Å²) in [5.74, 6) is -4.21. The molecule has 0 aliphatic heterocycles.